The number of furan rings is 1. The third-order valence-corrected chi connectivity index (χ3v) is 3.85. The number of hydrogen-bond acceptors (Lipinski definition) is 4. The van der Waals surface area contributed by atoms with Crippen LogP contribution in [0.25, 0.3) is 0 Å². The summed E-state index contributed by atoms with van der Waals surface area (Å²) in [4.78, 5) is 24.9. The quantitative estimate of drug-likeness (QED) is 0.854. The molecule has 0 radical (unpaired) electrons. The molecule has 21 heavy (non-hydrogen) atoms. The summed E-state index contributed by atoms with van der Waals surface area (Å²) in [5.74, 6) is -0.100. The molecule has 1 aliphatic rings. The topological polar surface area (TPSA) is 70.8 Å². The van der Waals surface area contributed by atoms with Gasteiger partial charge in [0.2, 0.25) is 5.91 Å². The fourth-order valence-corrected chi connectivity index (χ4v) is 2.51. The van der Waals surface area contributed by atoms with Crippen molar-refractivity contribution in [3.63, 3.8) is 0 Å². The Morgan fingerprint density at radius 2 is 2.05 bits per heavy atom. The summed E-state index contributed by atoms with van der Waals surface area (Å²) in [7, 11) is 1.47. The molecule has 5 nitrogen and oxygen atoms in total. The second-order valence-corrected chi connectivity index (χ2v) is 5.22. The number of aryl methyl sites for hydroxylation is 1. The fraction of sp³-hybridized carbons (Fsp3) is 0.250. The van der Waals surface area contributed by atoms with Crippen LogP contribution in [0.4, 0.5) is 0 Å². The molecule has 1 N–H and O–H groups in total. The maximum Gasteiger partial charge on any atom is 0.260 e. The first-order valence-electron chi connectivity index (χ1n) is 6.65. The lowest BCUT2D eigenvalue weighted by Gasteiger charge is -2.24. The molecule has 2 amide bonds. The number of aliphatic hydroxyl groups is 1. The van der Waals surface area contributed by atoms with Crippen LogP contribution in [0.1, 0.15) is 38.9 Å². The highest BCUT2D eigenvalue weighted by molar-refractivity contribution is 6.09. The Labute approximate surface area is 121 Å². The second kappa shape index (κ2) is 4.86. The van der Waals surface area contributed by atoms with E-state index >= 15 is 0 Å². The number of aliphatic hydroxyl groups excluding tert-OH is 1. The highest BCUT2D eigenvalue weighted by Crippen LogP contribution is 2.29. The second-order valence-electron chi connectivity index (χ2n) is 5.22. The fourth-order valence-electron chi connectivity index (χ4n) is 2.51. The number of fused-ring (bicyclic) bond motifs is 1. The van der Waals surface area contributed by atoms with Crippen LogP contribution in [0.15, 0.2) is 34.9 Å². The van der Waals surface area contributed by atoms with E-state index in [4.69, 9.17) is 4.42 Å². The van der Waals surface area contributed by atoms with Crippen molar-refractivity contribution in [3.05, 3.63) is 58.5 Å². The van der Waals surface area contributed by atoms with E-state index in [1.807, 2.05) is 6.92 Å². The molecule has 2 aromatic rings. The Hall–Kier alpha value is -2.40. The lowest BCUT2D eigenvalue weighted by Crippen LogP contribution is -2.39. The van der Waals surface area contributed by atoms with Crippen molar-refractivity contribution < 1.29 is 19.1 Å². The van der Waals surface area contributed by atoms with Gasteiger partial charge in [0.1, 0.15) is 11.9 Å². The van der Waals surface area contributed by atoms with E-state index in [1.54, 1.807) is 24.3 Å². The zero-order chi connectivity index (χ0) is 15.1. The van der Waals surface area contributed by atoms with Gasteiger partial charge in [-0.1, -0.05) is 12.1 Å². The lowest BCUT2D eigenvalue weighted by atomic mass is 9.94. The summed E-state index contributed by atoms with van der Waals surface area (Å²) in [6.45, 7) is 1.85. The van der Waals surface area contributed by atoms with Gasteiger partial charge in [-0.05, 0) is 35.7 Å². The van der Waals surface area contributed by atoms with Gasteiger partial charge in [-0.25, -0.2) is 0 Å². The van der Waals surface area contributed by atoms with Crippen molar-refractivity contribution in [2.24, 2.45) is 0 Å². The minimum Gasteiger partial charge on any atom is -0.466 e. The SMILES string of the molecule is Cc1ccoc1C(O)c1ccc2c(c1)C(=O)N(C)C(=O)C2. The monoisotopic (exact) mass is 285 g/mol. The van der Waals surface area contributed by atoms with E-state index in [1.165, 1.54) is 13.3 Å². The normalized spacial score (nSPS) is 16.0. The molecule has 1 aromatic heterocycles. The van der Waals surface area contributed by atoms with Crippen molar-refractivity contribution in [1.82, 2.24) is 4.90 Å². The molecule has 0 fully saturated rings. The van der Waals surface area contributed by atoms with E-state index < -0.39 is 6.10 Å². The van der Waals surface area contributed by atoms with Crippen molar-refractivity contribution >= 4 is 11.8 Å². The minimum atomic E-state index is -0.930. The Kier molecular flexibility index (Phi) is 3.14. The van der Waals surface area contributed by atoms with Crippen molar-refractivity contribution in [2.45, 2.75) is 19.4 Å². The zero-order valence-electron chi connectivity index (χ0n) is 11.8. The Morgan fingerprint density at radius 3 is 2.71 bits per heavy atom. The molecule has 1 atom stereocenters. The van der Waals surface area contributed by atoms with Gasteiger partial charge in [0.25, 0.3) is 5.91 Å². The van der Waals surface area contributed by atoms with Gasteiger partial charge < -0.3 is 9.52 Å². The first-order valence-corrected chi connectivity index (χ1v) is 6.65. The number of carbonyl (C=O) groups excluding carboxylic acids is 2. The van der Waals surface area contributed by atoms with Crippen molar-refractivity contribution in [3.8, 4) is 0 Å². The molecule has 0 aliphatic carbocycles. The number of amides is 2. The molecule has 2 heterocycles. The number of carbonyl (C=O) groups is 2. The summed E-state index contributed by atoms with van der Waals surface area (Å²) < 4.78 is 5.29. The van der Waals surface area contributed by atoms with Gasteiger partial charge >= 0.3 is 0 Å². The summed E-state index contributed by atoms with van der Waals surface area (Å²) in [6, 6.07) is 6.84. The van der Waals surface area contributed by atoms with Gasteiger partial charge in [-0.2, -0.15) is 0 Å². The van der Waals surface area contributed by atoms with Crippen LogP contribution in [-0.4, -0.2) is 28.9 Å². The molecular formula is C16H15NO4. The predicted molar refractivity (Wildman–Crippen MR) is 74.8 cm³/mol. The summed E-state index contributed by atoms with van der Waals surface area (Å²) in [6.07, 6.45) is 0.790. The zero-order valence-corrected chi connectivity index (χ0v) is 11.8. The van der Waals surface area contributed by atoms with Crippen LogP contribution >= 0.6 is 0 Å². The Balaban J connectivity index is 2.02. The Bertz CT molecular complexity index is 732. The van der Waals surface area contributed by atoms with Crippen LogP contribution in [-0.2, 0) is 11.2 Å². The minimum absolute atomic E-state index is 0.202. The molecule has 5 heteroatoms. The number of likely N-dealkylation sites (N-methyl/N-ethyl adjacent to an activating group) is 1. The number of imide groups is 1. The molecule has 1 aromatic carbocycles. The molecule has 1 unspecified atom stereocenters. The Morgan fingerprint density at radius 1 is 1.29 bits per heavy atom. The molecule has 0 saturated carbocycles. The number of benzene rings is 1. The van der Waals surface area contributed by atoms with Crippen LogP contribution in [0.5, 0.6) is 0 Å². The average molecular weight is 285 g/mol. The van der Waals surface area contributed by atoms with E-state index in [0.29, 0.717) is 22.5 Å². The summed E-state index contributed by atoms with van der Waals surface area (Å²) >= 11 is 0. The molecule has 0 bridgehead atoms. The van der Waals surface area contributed by atoms with Crippen molar-refractivity contribution in [1.29, 1.82) is 0 Å². The van der Waals surface area contributed by atoms with E-state index in [2.05, 4.69) is 0 Å². The first kappa shape index (κ1) is 13.6. The smallest absolute Gasteiger partial charge is 0.260 e. The van der Waals surface area contributed by atoms with Crippen LogP contribution in [0.2, 0.25) is 0 Å². The molecule has 1 aliphatic heterocycles. The van der Waals surface area contributed by atoms with Crippen LogP contribution < -0.4 is 0 Å². The van der Waals surface area contributed by atoms with Crippen LogP contribution in [0.3, 0.4) is 0 Å². The summed E-state index contributed by atoms with van der Waals surface area (Å²) in [5.41, 5.74) is 2.56. The largest absolute Gasteiger partial charge is 0.466 e. The van der Waals surface area contributed by atoms with Crippen molar-refractivity contribution in [2.75, 3.05) is 7.05 Å². The number of hydrogen-bond donors (Lipinski definition) is 1. The average Bonchev–Trinajstić information content (AvgIpc) is 2.90. The van der Waals surface area contributed by atoms with E-state index in [-0.39, 0.29) is 18.2 Å². The molecular weight excluding hydrogens is 270 g/mol. The maximum atomic E-state index is 12.2. The van der Waals surface area contributed by atoms with E-state index in [9.17, 15) is 14.7 Å². The highest BCUT2D eigenvalue weighted by atomic mass is 16.4. The number of rotatable bonds is 2. The summed E-state index contributed by atoms with van der Waals surface area (Å²) in [5, 5.41) is 10.4. The van der Waals surface area contributed by atoms with Crippen LogP contribution in [0, 0.1) is 6.92 Å². The predicted octanol–water partition coefficient (Wildman–Crippen LogP) is 1.82. The molecule has 108 valence electrons. The number of nitrogens with zero attached hydrogens (tertiary/aromatic N) is 1. The standard InChI is InChI=1S/C16H15NO4/c1-9-5-6-21-15(9)14(19)11-4-3-10-8-13(18)17(2)16(20)12(10)7-11/h3-7,14,19H,8H2,1-2H3. The third-order valence-electron chi connectivity index (χ3n) is 3.85. The molecule has 0 saturated heterocycles. The highest BCUT2D eigenvalue weighted by Gasteiger charge is 2.29. The molecule has 3 rings (SSSR count). The van der Waals surface area contributed by atoms with E-state index in [0.717, 1.165) is 10.5 Å². The van der Waals surface area contributed by atoms with Gasteiger partial charge in [0.05, 0.1) is 12.7 Å². The lowest BCUT2D eigenvalue weighted by molar-refractivity contribution is -0.127. The van der Waals surface area contributed by atoms with Gasteiger partial charge in [0.15, 0.2) is 0 Å². The van der Waals surface area contributed by atoms with Gasteiger partial charge in [-0.15, -0.1) is 0 Å². The maximum absolute atomic E-state index is 12.2. The van der Waals surface area contributed by atoms with Gasteiger partial charge in [-0.3, -0.25) is 14.5 Å². The third kappa shape index (κ3) is 2.15. The van der Waals surface area contributed by atoms with Gasteiger partial charge in [0, 0.05) is 12.6 Å². The first-order chi connectivity index (χ1) is 9.99. The molecule has 0 spiro atoms.